The predicted molar refractivity (Wildman–Crippen MR) is 56.3 cm³/mol. The molecule has 1 aromatic carbocycles. The molecule has 0 saturated carbocycles. The Bertz CT molecular complexity index is 226. The van der Waals surface area contributed by atoms with E-state index in [1.165, 1.54) is 0 Å². The molecule has 1 unspecified atom stereocenters. The number of hydrogen-bond acceptors (Lipinski definition) is 2. The Hall–Kier alpha value is -0.540. The SMILES string of the molecule is CCOC(CBr)Oc1ccccc1. The van der Waals surface area contributed by atoms with Crippen LogP contribution in [0.2, 0.25) is 0 Å². The van der Waals surface area contributed by atoms with Crippen molar-refractivity contribution in [3.63, 3.8) is 0 Å². The van der Waals surface area contributed by atoms with Crippen LogP contribution in [0.3, 0.4) is 0 Å². The van der Waals surface area contributed by atoms with Crippen molar-refractivity contribution in [1.82, 2.24) is 0 Å². The van der Waals surface area contributed by atoms with Gasteiger partial charge in [-0.1, -0.05) is 34.1 Å². The standard InChI is InChI=1S/C10H13BrO2/c1-2-12-10(8-11)13-9-6-4-3-5-7-9/h3-7,10H,2,8H2,1H3. The van der Waals surface area contributed by atoms with E-state index >= 15 is 0 Å². The second-order valence-corrected chi connectivity index (χ2v) is 3.12. The molecule has 0 N–H and O–H groups in total. The van der Waals surface area contributed by atoms with Crippen LogP contribution in [0.1, 0.15) is 6.92 Å². The highest BCUT2D eigenvalue weighted by atomic mass is 79.9. The molecule has 2 nitrogen and oxygen atoms in total. The van der Waals surface area contributed by atoms with Crippen LogP contribution in [0.15, 0.2) is 30.3 Å². The second-order valence-electron chi connectivity index (χ2n) is 2.47. The molecule has 3 heteroatoms. The Morgan fingerprint density at radius 3 is 2.54 bits per heavy atom. The van der Waals surface area contributed by atoms with Crippen LogP contribution in [0.5, 0.6) is 5.75 Å². The molecular weight excluding hydrogens is 232 g/mol. The fraction of sp³-hybridized carbons (Fsp3) is 0.400. The highest BCUT2D eigenvalue weighted by Crippen LogP contribution is 2.12. The van der Waals surface area contributed by atoms with Crippen molar-refractivity contribution in [3.8, 4) is 5.75 Å². The van der Waals surface area contributed by atoms with E-state index in [0.29, 0.717) is 11.9 Å². The minimum Gasteiger partial charge on any atom is -0.464 e. The summed E-state index contributed by atoms with van der Waals surface area (Å²) in [6.07, 6.45) is -0.201. The minimum atomic E-state index is -0.201. The van der Waals surface area contributed by atoms with Crippen molar-refractivity contribution in [2.75, 3.05) is 11.9 Å². The summed E-state index contributed by atoms with van der Waals surface area (Å²) in [5, 5.41) is 0.676. The van der Waals surface area contributed by atoms with Gasteiger partial charge in [-0.15, -0.1) is 0 Å². The lowest BCUT2D eigenvalue weighted by Gasteiger charge is -2.16. The average molecular weight is 245 g/mol. The number of rotatable bonds is 5. The molecule has 1 aromatic rings. The molecule has 0 bridgehead atoms. The third-order valence-electron chi connectivity index (χ3n) is 1.49. The molecule has 0 aromatic heterocycles. The zero-order chi connectivity index (χ0) is 9.52. The fourth-order valence-corrected chi connectivity index (χ4v) is 1.27. The molecule has 72 valence electrons. The number of alkyl halides is 1. The Balaban J connectivity index is 2.46. The second kappa shape index (κ2) is 6.00. The number of benzene rings is 1. The minimum absolute atomic E-state index is 0.201. The zero-order valence-corrected chi connectivity index (χ0v) is 9.16. The van der Waals surface area contributed by atoms with Crippen LogP contribution < -0.4 is 4.74 Å². The summed E-state index contributed by atoms with van der Waals surface area (Å²) in [4.78, 5) is 0. The van der Waals surface area contributed by atoms with Gasteiger partial charge in [-0.2, -0.15) is 0 Å². The molecular formula is C10H13BrO2. The van der Waals surface area contributed by atoms with Crippen molar-refractivity contribution < 1.29 is 9.47 Å². The number of halogens is 1. The first-order valence-corrected chi connectivity index (χ1v) is 5.38. The van der Waals surface area contributed by atoms with Gasteiger partial charge in [0.15, 0.2) is 0 Å². The molecule has 0 radical (unpaired) electrons. The summed E-state index contributed by atoms with van der Waals surface area (Å²) in [5.74, 6) is 0.834. The molecule has 0 aliphatic heterocycles. The Labute approximate surface area is 87.0 Å². The Kier molecular flexibility index (Phi) is 4.86. The summed E-state index contributed by atoms with van der Waals surface area (Å²) in [6, 6.07) is 9.65. The molecule has 0 aliphatic carbocycles. The van der Waals surface area contributed by atoms with Gasteiger partial charge in [0, 0.05) is 6.61 Å². The van der Waals surface area contributed by atoms with E-state index in [9.17, 15) is 0 Å². The summed E-state index contributed by atoms with van der Waals surface area (Å²) in [7, 11) is 0. The van der Waals surface area contributed by atoms with Crippen LogP contribution in [0.25, 0.3) is 0 Å². The molecule has 0 heterocycles. The quantitative estimate of drug-likeness (QED) is 0.586. The van der Waals surface area contributed by atoms with Gasteiger partial charge in [-0.3, -0.25) is 0 Å². The summed E-state index contributed by atoms with van der Waals surface area (Å²) in [5.41, 5.74) is 0. The van der Waals surface area contributed by atoms with Gasteiger partial charge < -0.3 is 9.47 Å². The lowest BCUT2D eigenvalue weighted by molar-refractivity contribution is -0.0569. The lowest BCUT2D eigenvalue weighted by atomic mass is 10.3. The molecule has 0 fully saturated rings. The largest absolute Gasteiger partial charge is 0.464 e. The van der Waals surface area contributed by atoms with Crippen molar-refractivity contribution in [1.29, 1.82) is 0 Å². The van der Waals surface area contributed by atoms with Crippen LogP contribution in [0.4, 0.5) is 0 Å². The third kappa shape index (κ3) is 3.79. The summed E-state index contributed by atoms with van der Waals surface area (Å²) >= 11 is 3.32. The summed E-state index contributed by atoms with van der Waals surface area (Å²) < 4.78 is 10.9. The highest BCUT2D eigenvalue weighted by molar-refractivity contribution is 9.09. The number of para-hydroxylation sites is 1. The maximum absolute atomic E-state index is 5.53. The molecule has 0 amide bonds. The van der Waals surface area contributed by atoms with Crippen molar-refractivity contribution in [2.24, 2.45) is 0 Å². The maximum atomic E-state index is 5.53. The van der Waals surface area contributed by atoms with Crippen LogP contribution in [-0.4, -0.2) is 18.2 Å². The van der Waals surface area contributed by atoms with E-state index in [4.69, 9.17) is 9.47 Å². The topological polar surface area (TPSA) is 18.5 Å². The number of hydrogen-bond donors (Lipinski definition) is 0. The van der Waals surface area contributed by atoms with Crippen LogP contribution in [0, 0.1) is 0 Å². The fourth-order valence-electron chi connectivity index (χ4n) is 0.947. The van der Waals surface area contributed by atoms with Gasteiger partial charge in [-0.25, -0.2) is 0 Å². The van der Waals surface area contributed by atoms with Gasteiger partial charge in [0.05, 0.1) is 5.33 Å². The lowest BCUT2D eigenvalue weighted by Crippen LogP contribution is -2.21. The van der Waals surface area contributed by atoms with Crippen molar-refractivity contribution >= 4 is 15.9 Å². The van der Waals surface area contributed by atoms with E-state index in [1.807, 2.05) is 37.3 Å². The van der Waals surface area contributed by atoms with Gasteiger partial charge >= 0.3 is 0 Å². The molecule has 13 heavy (non-hydrogen) atoms. The third-order valence-corrected chi connectivity index (χ3v) is 2.02. The molecule has 0 aliphatic rings. The molecule has 1 atom stereocenters. The maximum Gasteiger partial charge on any atom is 0.209 e. The number of ether oxygens (including phenoxy) is 2. The van der Waals surface area contributed by atoms with Gasteiger partial charge in [0.2, 0.25) is 6.29 Å². The monoisotopic (exact) mass is 244 g/mol. The molecule has 0 spiro atoms. The first-order chi connectivity index (χ1) is 6.36. The average Bonchev–Trinajstić information content (AvgIpc) is 2.19. The van der Waals surface area contributed by atoms with Gasteiger partial charge in [-0.05, 0) is 19.1 Å². The zero-order valence-electron chi connectivity index (χ0n) is 7.57. The normalized spacial score (nSPS) is 12.5. The smallest absolute Gasteiger partial charge is 0.209 e. The van der Waals surface area contributed by atoms with Gasteiger partial charge in [0.1, 0.15) is 5.75 Å². The predicted octanol–water partition coefficient (Wildman–Crippen LogP) is 2.82. The van der Waals surface area contributed by atoms with Crippen LogP contribution >= 0.6 is 15.9 Å². The van der Waals surface area contributed by atoms with E-state index in [0.717, 1.165) is 5.75 Å². The molecule has 0 saturated heterocycles. The van der Waals surface area contributed by atoms with E-state index in [1.54, 1.807) is 0 Å². The Morgan fingerprint density at radius 1 is 1.31 bits per heavy atom. The molecule has 1 rings (SSSR count). The first kappa shape index (κ1) is 10.5. The van der Waals surface area contributed by atoms with E-state index in [-0.39, 0.29) is 6.29 Å². The van der Waals surface area contributed by atoms with Crippen molar-refractivity contribution in [2.45, 2.75) is 13.2 Å². The van der Waals surface area contributed by atoms with E-state index < -0.39 is 0 Å². The van der Waals surface area contributed by atoms with Crippen LogP contribution in [-0.2, 0) is 4.74 Å². The van der Waals surface area contributed by atoms with Crippen molar-refractivity contribution in [3.05, 3.63) is 30.3 Å². The first-order valence-electron chi connectivity index (χ1n) is 4.26. The highest BCUT2D eigenvalue weighted by Gasteiger charge is 2.06. The van der Waals surface area contributed by atoms with Gasteiger partial charge in [0.25, 0.3) is 0 Å². The van der Waals surface area contributed by atoms with E-state index in [2.05, 4.69) is 15.9 Å². The Morgan fingerprint density at radius 2 is 2.00 bits per heavy atom. The summed E-state index contributed by atoms with van der Waals surface area (Å²) in [6.45, 7) is 2.60.